The first-order valence-corrected chi connectivity index (χ1v) is 19.6. The van der Waals surface area contributed by atoms with Crippen LogP contribution >= 0.6 is 0 Å². The lowest BCUT2D eigenvalue weighted by molar-refractivity contribution is 0.163. The van der Waals surface area contributed by atoms with Crippen molar-refractivity contribution >= 4 is 8.56 Å². The lowest BCUT2D eigenvalue weighted by Gasteiger charge is -2.29. The van der Waals surface area contributed by atoms with E-state index in [1.165, 1.54) is 154 Å². The molecule has 224 valence electrons. The minimum atomic E-state index is -2.11. The van der Waals surface area contributed by atoms with Crippen LogP contribution in [-0.2, 0) is 8.85 Å². The molecule has 3 nitrogen and oxygen atoms in total. The van der Waals surface area contributed by atoms with Crippen LogP contribution in [0.15, 0.2) is 0 Å². The standard InChI is InChI=1S/C33H71NO2Si/c1-5-7-9-11-13-15-17-19-21-23-25-27-29-35-37(4,32-33(3)31-34)36-30-28-26-24-22-20-18-16-14-12-10-8-6-2/h33H,5-32,34H2,1-4H3. The Morgan fingerprint density at radius 1 is 0.486 bits per heavy atom. The Morgan fingerprint density at radius 2 is 0.757 bits per heavy atom. The van der Waals surface area contributed by atoms with Crippen LogP contribution in [0.25, 0.3) is 0 Å². The van der Waals surface area contributed by atoms with Crippen LogP contribution in [0.2, 0.25) is 12.6 Å². The number of unbranched alkanes of at least 4 members (excludes halogenated alkanes) is 22. The Labute approximate surface area is 236 Å². The van der Waals surface area contributed by atoms with Gasteiger partial charge in [0, 0.05) is 13.2 Å². The summed E-state index contributed by atoms with van der Waals surface area (Å²) in [6.45, 7) is 11.6. The van der Waals surface area contributed by atoms with E-state index in [4.69, 9.17) is 14.6 Å². The van der Waals surface area contributed by atoms with Crippen molar-refractivity contribution in [3.63, 3.8) is 0 Å². The molecular weight excluding hydrogens is 470 g/mol. The molecule has 0 amide bonds. The third-order valence-electron chi connectivity index (χ3n) is 7.93. The molecule has 0 rings (SSSR count). The van der Waals surface area contributed by atoms with Gasteiger partial charge in [-0.05, 0) is 37.9 Å². The molecule has 0 aliphatic carbocycles. The first kappa shape index (κ1) is 37.1. The molecule has 0 aliphatic heterocycles. The van der Waals surface area contributed by atoms with E-state index in [1.54, 1.807) is 0 Å². The van der Waals surface area contributed by atoms with Gasteiger partial charge in [-0.1, -0.05) is 162 Å². The van der Waals surface area contributed by atoms with Gasteiger partial charge in [-0.15, -0.1) is 0 Å². The van der Waals surface area contributed by atoms with Gasteiger partial charge in [-0.3, -0.25) is 0 Å². The van der Waals surface area contributed by atoms with Crippen LogP contribution in [-0.4, -0.2) is 28.3 Å². The molecule has 0 saturated carbocycles. The monoisotopic (exact) mass is 542 g/mol. The molecule has 37 heavy (non-hydrogen) atoms. The largest absolute Gasteiger partial charge is 0.394 e. The first-order chi connectivity index (χ1) is 18.1. The zero-order chi connectivity index (χ0) is 27.3. The van der Waals surface area contributed by atoms with E-state index >= 15 is 0 Å². The van der Waals surface area contributed by atoms with Gasteiger partial charge in [-0.2, -0.15) is 0 Å². The Morgan fingerprint density at radius 3 is 1.03 bits per heavy atom. The van der Waals surface area contributed by atoms with Crippen LogP contribution in [0.3, 0.4) is 0 Å². The molecule has 0 saturated heterocycles. The summed E-state index contributed by atoms with van der Waals surface area (Å²) >= 11 is 0. The highest BCUT2D eigenvalue weighted by atomic mass is 28.4. The van der Waals surface area contributed by atoms with Gasteiger partial charge in [0.1, 0.15) is 0 Å². The maximum absolute atomic E-state index is 6.46. The van der Waals surface area contributed by atoms with E-state index in [2.05, 4.69) is 27.3 Å². The van der Waals surface area contributed by atoms with Gasteiger partial charge in [-0.25, -0.2) is 0 Å². The minimum absolute atomic E-state index is 0.487. The number of nitrogens with two attached hydrogens (primary N) is 1. The molecule has 0 heterocycles. The van der Waals surface area contributed by atoms with Gasteiger partial charge in [0.05, 0.1) is 0 Å². The smallest absolute Gasteiger partial charge is 0.335 e. The topological polar surface area (TPSA) is 44.5 Å². The lowest BCUT2D eigenvalue weighted by atomic mass is 10.1. The summed E-state index contributed by atoms with van der Waals surface area (Å²) in [7, 11) is -2.11. The summed E-state index contributed by atoms with van der Waals surface area (Å²) in [4.78, 5) is 0. The van der Waals surface area contributed by atoms with Gasteiger partial charge in [0.2, 0.25) is 0 Å². The molecule has 4 heteroatoms. The average molecular weight is 542 g/mol. The van der Waals surface area contributed by atoms with Crippen molar-refractivity contribution in [1.29, 1.82) is 0 Å². The van der Waals surface area contributed by atoms with Crippen molar-refractivity contribution in [2.24, 2.45) is 11.7 Å². The average Bonchev–Trinajstić information content (AvgIpc) is 2.89. The van der Waals surface area contributed by atoms with E-state index in [9.17, 15) is 0 Å². The maximum Gasteiger partial charge on any atom is 0.335 e. The predicted molar refractivity (Wildman–Crippen MR) is 169 cm³/mol. The first-order valence-electron chi connectivity index (χ1n) is 17.1. The van der Waals surface area contributed by atoms with E-state index in [-0.39, 0.29) is 0 Å². The molecule has 0 aromatic heterocycles. The Hall–Kier alpha value is 0.0969. The van der Waals surface area contributed by atoms with Crippen LogP contribution in [0.1, 0.15) is 175 Å². The summed E-state index contributed by atoms with van der Waals surface area (Å²) < 4.78 is 12.9. The Balaban J connectivity index is 3.77. The number of rotatable bonds is 31. The fourth-order valence-corrected chi connectivity index (χ4v) is 8.24. The molecular formula is C33H71NO2Si. The van der Waals surface area contributed by atoms with Crippen molar-refractivity contribution in [1.82, 2.24) is 0 Å². The second-order valence-corrected chi connectivity index (χ2v) is 15.4. The summed E-state index contributed by atoms with van der Waals surface area (Å²) in [5, 5.41) is 0. The van der Waals surface area contributed by atoms with E-state index in [1.807, 2.05) is 0 Å². The second-order valence-electron chi connectivity index (χ2n) is 12.2. The normalized spacial score (nSPS) is 12.9. The molecule has 0 fully saturated rings. The fourth-order valence-electron chi connectivity index (χ4n) is 5.34. The molecule has 1 atom stereocenters. The SMILES string of the molecule is CCCCCCCCCCCCCCO[Si](C)(CC(C)CN)OCCCCCCCCCCCCCC. The highest BCUT2D eigenvalue weighted by Crippen LogP contribution is 2.21. The predicted octanol–water partition coefficient (Wildman–Crippen LogP) is 11.1. The summed E-state index contributed by atoms with van der Waals surface area (Å²) in [5.74, 6) is 0.487. The van der Waals surface area contributed by atoms with E-state index in [0.717, 1.165) is 25.8 Å². The third kappa shape index (κ3) is 27.5. The Kier molecular flexibility index (Phi) is 29.2. The number of hydrogen-bond donors (Lipinski definition) is 1. The van der Waals surface area contributed by atoms with Crippen molar-refractivity contribution in [2.75, 3.05) is 19.8 Å². The molecule has 0 spiro atoms. The third-order valence-corrected chi connectivity index (χ3v) is 11.0. The van der Waals surface area contributed by atoms with E-state index in [0.29, 0.717) is 5.92 Å². The summed E-state index contributed by atoms with van der Waals surface area (Å²) in [6, 6.07) is 1.03. The molecule has 2 N–H and O–H groups in total. The van der Waals surface area contributed by atoms with Gasteiger partial charge in [0.15, 0.2) is 0 Å². The van der Waals surface area contributed by atoms with Crippen LogP contribution in [0.4, 0.5) is 0 Å². The molecule has 0 aliphatic rings. The van der Waals surface area contributed by atoms with E-state index < -0.39 is 8.56 Å². The highest BCUT2D eigenvalue weighted by Gasteiger charge is 2.33. The zero-order valence-electron chi connectivity index (χ0n) is 26.3. The van der Waals surface area contributed by atoms with Crippen LogP contribution in [0.5, 0.6) is 0 Å². The lowest BCUT2D eigenvalue weighted by Crippen LogP contribution is -2.42. The minimum Gasteiger partial charge on any atom is -0.394 e. The van der Waals surface area contributed by atoms with Gasteiger partial charge < -0.3 is 14.6 Å². The van der Waals surface area contributed by atoms with Crippen molar-refractivity contribution in [3.05, 3.63) is 0 Å². The zero-order valence-corrected chi connectivity index (χ0v) is 27.3. The molecule has 0 aromatic carbocycles. The van der Waals surface area contributed by atoms with Gasteiger partial charge >= 0.3 is 8.56 Å². The number of hydrogen-bond acceptors (Lipinski definition) is 3. The fraction of sp³-hybridized carbons (Fsp3) is 1.00. The van der Waals surface area contributed by atoms with Crippen molar-refractivity contribution in [3.8, 4) is 0 Å². The summed E-state index contributed by atoms with van der Waals surface area (Å²) in [6.07, 6.45) is 33.2. The van der Waals surface area contributed by atoms with Crippen LogP contribution in [0, 0.1) is 5.92 Å². The molecule has 0 aromatic rings. The van der Waals surface area contributed by atoms with Crippen molar-refractivity contribution in [2.45, 2.75) is 187 Å². The second kappa shape index (κ2) is 29.1. The molecule has 1 unspecified atom stereocenters. The molecule has 0 radical (unpaired) electrons. The van der Waals surface area contributed by atoms with Crippen molar-refractivity contribution < 1.29 is 8.85 Å². The summed E-state index contributed by atoms with van der Waals surface area (Å²) in [5.41, 5.74) is 5.94. The van der Waals surface area contributed by atoms with Crippen LogP contribution < -0.4 is 5.73 Å². The molecule has 0 bridgehead atoms. The Bertz CT molecular complexity index is 405. The maximum atomic E-state index is 6.46. The highest BCUT2D eigenvalue weighted by molar-refractivity contribution is 6.66. The van der Waals surface area contributed by atoms with Gasteiger partial charge in [0.25, 0.3) is 0 Å². The quantitative estimate of drug-likeness (QED) is 0.0701.